The summed E-state index contributed by atoms with van der Waals surface area (Å²) in [4.78, 5) is 12.2. The fraction of sp³-hybridized carbons (Fsp3) is 0.611. The van der Waals surface area contributed by atoms with Crippen molar-refractivity contribution in [3.05, 3.63) is 29.8 Å². The Morgan fingerprint density at radius 2 is 1.92 bits per heavy atom. The maximum atomic E-state index is 12.2. The third-order valence-electron chi connectivity index (χ3n) is 5.14. The molecule has 25 heavy (non-hydrogen) atoms. The number of rotatable bonds is 3. The van der Waals surface area contributed by atoms with Gasteiger partial charge in [0.2, 0.25) is 15.9 Å². The van der Waals surface area contributed by atoms with E-state index in [-0.39, 0.29) is 17.9 Å². The minimum absolute atomic E-state index is 0.0189. The van der Waals surface area contributed by atoms with Gasteiger partial charge in [-0.05, 0) is 6.07 Å². The fourth-order valence-corrected chi connectivity index (χ4v) is 4.46. The van der Waals surface area contributed by atoms with Gasteiger partial charge in [-0.1, -0.05) is 32.0 Å². The van der Waals surface area contributed by atoms with Crippen LogP contribution in [-0.2, 0) is 14.8 Å². The molecule has 6 nitrogen and oxygen atoms in total. The van der Waals surface area contributed by atoms with Crippen LogP contribution in [0.2, 0.25) is 0 Å². The molecule has 2 aliphatic heterocycles. The summed E-state index contributed by atoms with van der Waals surface area (Å²) in [5.74, 6) is 0.721. The van der Waals surface area contributed by atoms with Crippen LogP contribution in [0.25, 0.3) is 0 Å². The number of hydrogen-bond donors (Lipinski definition) is 1. The average molecular weight is 366 g/mol. The minimum Gasteiger partial charge on any atom is -0.487 e. The summed E-state index contributed by atoms with van der Waals surface area (Å²) in [6, 6.07) is 7.67. The number of ether oxygens (including phenoxy) is 1. The van der Waals surface area contributed by atoms with E-state index in [1.807, 2.05) is 38.1 Å². The van der Waals surface area contributed by atoms with Gasteiger partial charge >= 0.3 is 0 Å². The van der Waals surface area contributed by atoms with Gasteiger partial charge < -0.3 is 10.1 Å². The van der Waals surface area contributed by atoms with E-state index in [0.717, 1.165) is 11.3 Å². The predicted octanol–water partition coefficient (Wildman–Crippen LogP) is 2.08. The van der Waals surface area contributed by atoms with E-state index in [9.17, 15) is 13.2 Å². The second-order valence-corrected chi connectivity index (χ2v) is 9.39. The van der Waals surface area contributed by atoms with Gasteiger partial charge in [-0.2, -0.15) is 0 Å². The molecule has 0 bridgehead atoms. The summed E-state index contributed by atoms with van der Waals surface area (Å²) in [6.45, 7) is 4.65. The molecule has 1 unspecified atom stereocenters. The summed E-state index contributed by atoms with van der Waals surface area (Å²) in [7, 11) is -3.18. The number of nitrogens with one attached hydrogen (secondary N) is 1. The van der Waals surface area contributed by atoms with E-state index in [0.29, 0.717) is 32.4 Å². The molecule has 1 amide bonds. The van der Waals surface area contributed by atoms with Gasteiger partial charge in [-0.25, -0.2) is 12.7 Å². The number of carbonyl (C=O) groups excluding carboxylic acids is 1. The second kappa shape index (κ2) is 6.61. The Bertz CT molecular complexity index is 752. The third-order valence-corrected chi connectivity index (χ3v) is 6.44. The maximum absolute atomic E-state index is 12.2. The molecule has 1 aromatic rings. The zero-order valence-electron chi connectivity index (χ0n) is 15.0. The van der Waals surface area contributed by atoms with Crippen molar-refractivity contribution in [2.45, 2.75) is 44.8 Å². The SMILES string of the molecule is CC(C)C(=O)NC1CC2(CCN(S(C)(=O)=O)CC2)Oc2ccccc21. The first-order valence-electron chi connectivity index (χ1n) is 8.74. The molecule has 1 aromatic carbocycles. The first-order chi connectivity index (χ1) is 11.7. The Kier molecular flexibility index (Phi) is 4.81. The van der Waals surface area contributed by atoms with Crippen molar-refractivity contribution in [2.75, 3.05) is 19.3 Å². The molecule has 0 radical (unpaired) electrons. The maximum Gasteiger partial charge on any atom is 0.223 e. The van der Waals surface area contributed by atoms with E-state index in [4.69, 9.17) is 4.74 Å². The highest BCUT2D eigenvalue weighted by molar-refractivity contribution is 7.88. The van der Waals surface area contributed by atoms with Crippen molar-refractivity contribution in [1.82, 2.24) is 9.62 Å². The number of para-hydroxylation sites is 1. The molecule has 138 valence electrons. The van der Waals surface area contributed by atoms with Crippen molar-refractivity contribution < 1.29 is 17.9 Å². The van der Waals surface area contributed by atoms with Gasteiger partial charge in [0, 0.05) is 43.8 Å². The van der Waals surface area contributed by atoms with Crippen LogP contribution < -0.4 is 10.1 Å². The van der Waals surface area contributed by atoms with Crippen molar-refractivity contribution in [3.63, 3.8) is 0 Å². The van der Waals surface area contributed by atoms with E-state index in [2.05, 4.69) is 5.32 Å². The van der Waals surface area contributed by atoms with Crippen LogP contribution in [0.4, 0.5) is 0 Å². The normalized spacial score (nSPS) is 23.1. The van der Waals surface area contributed by atoms with Gasteiger partial charge in [0.1, 0.15) is 11.4 Å². The zero-order chi connectivity index (χ0) is 18.2. The highest BCUT2D eigenvalue weighted by Gasteiger charge is 2.44. The Morgan fingerprint density at radius 1 is 1.28 bits per heavy atom. The number of piperidine rings is 1. The van der Waals surface area contributed by atoms with Crippen LogP contribution in [0, 0.1) is 5.92 Å². The van der Waals surface area contributed by atoms with E-state index >= 15 is 0 Å². The summed E-state index contributed by atoms with van der Waals surface area (Å²) in [5.41, 5.74) is 0.567. The summed E-state index contributed by atoms with van der Waals surface area (Å²) < 4.78 is 31.4. The molecule has 0 saturated carbocycles. The molecule has 7 heteroatoms. The highest BCUT2D eigenvalue weighted by Crippen LogP contribution is 2.44. The molecule has 0 aliphatic carbocycles. The predicted molar refractivity (Wildman–Crippen MR) is 95.8 cm³/mol. The van der Waals surface area contributed by atoms with Crippen LogP contribution in [-0.4, -0.2) is 43.6 Å². The number of benzene rings is 1. The molecule has 2 heterocycles. The van der Waals surface area contributed by atoms with Crippen LogP contribution >= 0.6 is 0 Å². The first kappa shape index (κ1) is 18.2. The second-order valence-electron chi connectivity index (χ2n) is 7.40. The molecule has 1 fully saturated rings. The minimum atomic E-state index is -3.18. The third kappa shape index (κ3) is 3.82. The standard InChI is InChI=1S/C18H26N2O4S/c1-13(2)17(21)19-15-12-18(24-16-7-5-4-6-14(15)16)8-10-20(11-9-18)25(3,22)23/h4-7,13,15H,8-12H2,1-3H3,(H,19,21). The topological polar surface area (TPSA) is 75.7 Å². The molecule has 0 aromatic heterocycles. The van der Waals surface area contributed by atoms with Crippen LogP contribution in [0.5, 0.6) is 5.75 Å². The number of fused-ring (bicyclic) bond motifs is 1. The lowest BCUT2D eigenvalue weighted by Crippen LogP contribution is -2.53. The van der Waals surface area contributed by atoms with Crippen LogP contribution in [0.1, 0.15) is 44.7 Å². The Labute approximate surface area is 149 Å². The highest BCUT2D eigenvalue weighted by atomic mass is 32.2. The van der Waals surface area contributed by atoms with Gasteiger partial charge in [0.15, 0.2) is 0 Å². The number of amides is 1. The molecular weight excluding hydrogens is 340 g/mol. The quantitative estimate of drug-likeness (QED) is 0.889. The smallest absolute Gasteiger partial charge is 0.223 e. The largest absolute Gasteiger partial charge is 0.487 e. The van der Waals surface area contributed by atoms with Gasteiger partial charge in [0.05, 0.1) is 12.3 Å². The lowest BCUT2D eigenvalue weighted by Gasteiger charge is -2.46. The molecular formula is C18H26N2O4S. The van der Waals surface area contributed by atoms with E-state index in [1.165, 1.54) is 10.6 Å². The molecule has 2 aliphatic rings. The number of carbonyl (C=O) groups is 1. The lowest BCUT2D eigenvalue weighted by molar-refractivity contribution is -0.125. The molecule has 1 spiro atoms. The first-order valence-corrected chi connectivity index (χ1v) is 10.6. The van der Waals surface area contributed by atoms with Gasteiger partial charge in [-0.15, -0.1) is 0 Å². The van der Waals surface area contributed by atoms with E-state index < -0.39 is 15.6 Å². The molecule has 3 rings (SSSR count). The van der Waals surface area contributed by atoms with Crippen molar-refractivity contribution in [2.24, 2.45) is 5.92 Å². The Hall–Kier alpha value is -1.60. The summed E-state index contributed by atoms with van der Waals surface area (Å²) in [6.07, 6.45) is 3.17. The average Bonchev–Trinajstić information content (AvgIpc) is 2.54. The van der Waals surface area contributed by atoms with E-state index in [1.54, 1.807) is 0 Å². The van der Waals surface area contributed by atoms with Crippen molar-refractivity contribution in [1.29, 1.82) is 0 Å². The van der Waals surface area contributed by atoms with Crippen molar-refractivity contribution in [3.8, 4) is 5.75 Å². The van der Waals surface area contributed by atoms with Crippen molar-refractivity contribution >= 4 is 15.9 Å². The van der Waals surface area contributed by atoms with Gasteiger partial charge in [0.25, 0.3) is 0 Å². The zero-order valence-corrected chi connectivity index (χ0v) is 15.8. The Balaban J connectivity index is 1.83. The number of nitrogens with zero attached hydrogens (tertiary/aromatic N) is 1. The number of sulfonamides is 1. The number of hydrogen-bond acceptors (Lipinski definition) is 4. The Morgan fingerprint density at radius 3 is 2.52 bits per heavy atom. The van der Waals surface area contributed by atoms with Gasteiger partial charge in [-0.3, -0.25) is 4.79 Å². The molecule has 1 saturated heterocycles. The monoisotopic (exact) mass is 366 g/mol. The summed E-state index contributed by atoms with van der Waals surface area (Å²) >= 11 is 0. The fourth-order valence-electron chi connectivity index (χ4n) is 3.62. The molecule has 1 atom stereocenters. The van der Waals surface area contributed by atoms with Crippen LogP contribution in [0.15, 0.2) is 24.3 Å². The molecule has 1 N–H and O–H groups in total. The van der Waals surface area contributed by atoms with Crippen LogP contribution in [0.3, 0.4) is 0 Å². The summed E-state index contributed by atoms with van der Waals surface area (Å²) in [5, 5.41) is 3.14. The lowest BCUT2D eigenvalue weighted by atomic mass is 9.81.